The fraction of sp³-hybridized carbons (Fsp3) is 0.312. The third-order valence-corrected chi connectivity index (χ3v) is 8.17. The van der Waals surface area contributed by atoms with Gasteiger partial charge in [-0.2, -0.15) is 0 Å². The molecule has 6 rings (SSSR count). The minimum Gasteiger partial charge on any atom is -0.493 e. The van der Waals surface area contributed by atoms with Crippen molar-refractivity contribution < 1.29 is 23.4 Å². The topological polar surface area (TPSA) is 107 Å². The Bertz CT molecular complexity index is 1640. The summed E-state index contributed by atoms with van der Waals surface area (Å²) in [4.78, 5) is 20.9. The van der Waals surface area contributed by atoms with Crippen LogP contribution in [0.25, 0.3) is 10.9 Å². The molecule has 0 spiro atoms. The smallest absolute Gasteiger partial charge is 0.230 e. The van der Waals surface area contributed by atoms with Crippen molar-refractivity contribution in [1.29, 1.82) is 0 Å². The lowest BCUT2D eigenvalue weighted by Crippen LogP contribution is -2.35. The van der Waals surface area contributed by atoms with Crippen LogP contribution < -0.4 is 30.2 Å². The Morgan fingerprint density at radius 2 is 1.76 bits per heavy atom. The van der Waals surface area contributed by atoms with E-state index in [1.807, 2.05) is 30.3 Å². The minimum atomic E-state index is -0.640. The number of nitrogens with one attached hydrogen (secondary N) is 3. The van der Waals surface area contributed by atoms with Crippen LogP contribution in [0, 0.1) is 23.6 Å². The number of rotatable bonds is 9. The number of halogens is 3. The van der Waals surface area contributed by atoms with Gasteiger partial charge in [0, 0.05) is 17.8 Å². The summed E-state index contributed by atoms with van der Waals surface area (Å²) >= 11 is 5.23. The first-order chi connectivity index (χ1) is 20.9. The van der Waals surface area contributed by atoms with Crippen LogP contribution in [0.3, 0.4) is 0 Å². The molecule has 45 heavy (non-hydrogen) atoms. The molecule has 1 aliphatic carbocycles. The van der Waals surface area contributed by atoms with Crippen LogP contribution in [-0.2, 0) is 11.2 Å². The molecule has 2 aliphatic rings. The third kappa shape index (κ3) is 8.46. The van der Waals surface area contributed by atoms with E-state index in [1.165, 1.54) is 31.3 Å². The fourth-order valence-corrected chi connectivity index (χ4v) is 6.14. The maximum atomic E-state index is 15.1. The van der Waals surface area contributed by atoms with Crippen molar-refractivity contribution in [3.63, 3.8) is 0 Å². The number of aromatic nitrogens is 2. The molecule has 4 aromatic rings. The summed E-state index contributed by atoms with van der Waals surface area (Å²) in [5.74, 6) is 2.35. The summed E-state index contributed by atoms with van der Waals surface area (Å²) in [5, 5.41) is 9.53. The number of ether oxygens (including phenoxy) is 3. The predicted octanol–water partition coefficient (Wildman–Crippen LogP) is 6.41. The van der Waals surface area contributed by atoms with Crippen molar-refractivity contribution >= 4 is 73.8 Å². The van der Waals surface area contributed by atoms with Gasteiger partial charge in [-0.3, -0.25) is 4.79 Å². The van der Waals surface area contributed by atoms with E-state index in [9.17, 15) is 4.79 Å². The van der Waals surface area contributed by atoms with E-state index >= 15 is 4.39 Å². The van der Waals surface area contributed by atoms with E-state index in [4.69, 9.17) is 26.4 Å². The Morgan fingerprint density at radius 3 is 2.47 bits per heavy atom. The van der Waals surface area contributed by atoms with Gasteiger partial charge in [0.05, 0.1) is 31.0 Å². The number of hydrogen-bond acceptors (Lipinski definition) is 8. The van der Waals surface area contributed by atoms with E-state index in [-0.39, 0.29) is 63.0 Å². The Hall–Kier alpha value is -3.39. The van der Waals surface area contributed by atoms with Crippen LogP contribution in [-0.4, -0.2) is 47.8 Å². The number of anilines is 1. The van der Waals surface area contributed by atoms with Crippen molar-refractivity contribution in [3.05, 3.63) is 78.4 Å². The van der Waals surface area contributed by atoms with Crippen molar-refractivity contribution in [2.75, 3.05) is 32.1 Å². The molecule has 1 aromatic heterocycles. The van der Waals surface area contributed by atoms with Crippen molar-refractivity contribution in [2.45, 2.75) is 19.3 Å². The highest BCUT2D eigenvalue weighted by molar-refractivity contribution is 8.93. The van der Waals surface area contributed by atoms with Crippen molar-refractivity contribution in [2.24, 2.45) is 17.8 Å². The molecular weight excluding hydrogens is 729 g/mol. The molecule has 0 radical (unpaired) electrons. The maximum Gasteiger partial charge on any atom is 0.230 e. The largest absolute Gasteiger partial charge is 0.493 e. The molecule has 1 saturated carbocycles. The molecule has 2 atom stereocenters. The first-order valence-corrected chi connectivity index (χ1v) is 14.6. The molecule has 1 aliphatic heterocycles. The Kier molecular flexibility index (Phi) is 12.1. The van der Waals surface area contributed by atoms with E-state index in [2.05, 4.69) is 25.9 Å². The molecule has 238 valence electrons. The summed E-state index contributed by atoms with van der Waals surface area (Å²) in [6, 6.07) is 17.1. The summed E-state index contributed by atoms with van der Waals surface area (Å²) in [7, 11) is 1.57. The second kappa shape index (κ2) is 15.7. The summed E-state index contributed by atoms with van der Waals surface area (Å²) in [6.07, 6.45) is 3.88. The Labute approximate surface area is 287 Å². The number of thiocarbonyl (C=S) groups is 1. The number of methoxy groups -OCH3 is 1. The highest BCUT2D eigenvalue weighted by atomic mass is 79.9. The van der Waals surface area contributed by atoms with Gasteiger partial charge in [-0.25, -0.2) is 14.4 Å². The fourth-order valence-electron chi connectivity index (χ4n) is 5.91. The molecule has 1 saturated heterocycles. The third-order valence-electron chi connectivity index (χ3n) is 7.97. The number of benzene rings is 3. The number of carbonyl (C=O) groups excluding carboxylic acids is 1. The van der Waals surface area contributed by atoms with Gasteiger partial charge in [0.25, 0.3) is 0 Å². The van der Waals surface area contributed by atoms with Crippen LogP contribution in [0.2, 0.25) is 0 Å². The lowest BCUT2D eigenvalue weighted by molar-refractivity contribution is -0.119. The standard InChI is InChI=1S/C32H32FN5O4S.2BrH/c1-40-28-13-24-26(14-29(28)41-17-20-9-21-15-34-16-22(21)10-20)35-18-36-31(24)42-27-8-7-23(12-25(27)33)37-32(43)38-30(39)11-19-5-3-2-4-6-19;;/h2-8,12-14,18,20-22,34H,9-11,15-17H2,1H3,(H2,37,38,39,43);2*1H. The van der Waals surface area contributed by atoms with Gasteiger partial charge in [-0.15, -0.1) is 34.0 Å². The molecule has 0 bridgehead atoms. The quantitative estimate of drug-likeness (QED) is 0.167. The van der Waals surface area contributed by atoms with E-state index < -0.39 is 5.82 Å². The number of carbonyl (C=O) groups is 1. The first kappa shape index (κ1) is 34.5. The zero-order valence-electron chi connectivity index (χ0n) is 24.5. The molecule has 2 heterocycles. The zero-order valence-corrected chi connectivity index (χ0v) is 28.7. The highest BCUT2D eigenvalue weighted by Crippen LogP contribution is 2.40. The molecule has 13 heteroatoms. The summed E-state index contributed by atoms with van der Waals surface area (Å²) in [5.41, 5.74) is 1.80. The number of hydrogen-bond donors (Lipinski definition) is 3. The lowest BCUT2D eigenvalue weighted by atomic mass is 10.0. The van der Waals surface area contributed by atoms with Crippen LogP contribution in [0.1, 0.15) is 18.4 Å². The number of amides is 1. The van der Waals surface area contributed by atoms with E-state index in [0.717, 1.165) is 30.5 Å². The van der Waals surface area contributed by atoms with Gasteiger partial charge in [0.15, 0.2) is 28.2 Å². The number of nitrogens with zero attached hydrogens (tertiary/aromatic N) is 2. The van der Waals surface area contributed by atoms with E-state index in [1.54, 1.807) is 25.3 Å². The van der Waals surface area contributed by atoms with E-state index in [0.29, 0.717) is 40.6 Å². The van der Waals surface area contributed by atoms with Crippen molar-refractivity contribution in [3.8, 4) is 23.1 Å². The summed E-state index contributed by atoms with van der Waals surface area (Å²) in [6.45, 7) is 2.82. The second-order valence-electron chi connectivity index (χ2n) is 10.9. The Balaban J connectivity index is 0.00000230. The zero-order chi connectivity index (χ0) is 29.8. The Morgan fingerprint density at radius 1 is 1.00 bits per heavy atom. The van der Waals surface area contributed by atoms with Crippen LogP contribution in [0.4, 0.5) is 10.1 Å². The predicted molar refractivity (Wildman–Crippen MR) is 186 cm³/mol. The first-order valence-electron chi connectivity index (χ1n) is 14.2. The SMILES string of the molecule is Br.Br.COc1cc2c(Oc3ccc(NC(=S)NC(=O)Cc4ccccc4)cc3F)ncnc2cc1OCC1CC2CNCC2C1. The maximum absolute atomic E-state index is 15.1. The highest BCUT2D eigenvalue weighted by Gasteiger charge is 2.37. The van der Waals surface area contributed by atoms with Gasteiger partial charge in [0.2, 0.25) is 11.8 Å². The molecule has 2 fully saturated rings. The lowest BCUT2D eigenvalue weighted by Gasteiger charge is -2.16. The monoisotopic (exact) mass is 761 g/mol. The summed E-state index contributed by atoms with van der Waals surface area (Å²) < 4.78 is 32.8. The minimum absolute atomic E-state index is 0. The average molecular weight is 764 g/mol. The van der Waals surface area contributed by atoms with Gasteiger partial charge >= 0.3 is 0 Å². The van der Waals surface area contributed by atoms with Gasteiger partial charge < -0.3 is 30.2 Å². The van der Waals surface area contributed by atoms with Gasteiger partial charge in [0.1, 0.15) is 6.33 Å². The van der Waals surface area contributed by atoms with Gasteiger partial charge in [-0.05, 0) is 79.7 Å². The molecule has 1 amide bonds. The van der Waals surface area contributed by atoms with Crippen LogP contribution >= 0.6 is 46.2 Å². The molecule has 2 unspecified atom stereocenters. The normalized spacial score (nSPS) is 18.2. The molecule has 9 nitrogen and oxygen atoms in total. The average Bonchev–Trinajstić information content (AvgIpc) is 3.60. The second-order valence-corrected chi connectivity index (χ2v) is 11.3. The van der Waals surface area contributed by atoms with Crippen LogP contribution in [0.15, 0.2) is 67.0 Å². The van der Waals surface area contributed by atoms with Crippen molar-refractivity contribution in [1.82, 2.24) is 20.6 Å². The number of fused-ring (bicyclic) bond motifs is 2. The molecule has 3 aromatic carbocycles. The molecule has 3 N–H and O–H groups in total. The molecular formula is C32H34Br2FN5O4S. The van der Waals surface area contributed by atoms with Gasteiger partial charge in [-0.1, -0.05) is 30.3 Å². The van der Waals surface area contributed by atoms with Crippen LogP contribution in [0.5, 0.6) is 23.1 Å².